The van der Waals surface area contributed by atoms with Crippen LogP contribution in [0.15, 0.2) is 0 Å². The van der Waals surface area contributed by atoms with Crippen molar-refractivity contribution in [3.8, 4) is 0 Å². The van der Waals surface area contributed by atoms with E-state index in [1.807, 2.05) is 0 Å². The Morgan fingerprint density at radius 3 is 2.44 bits per heavy atom. The highest BCUT2D eigenvalue weighted by Gasteiger charge is 2.25. The van der Waals surface area contributed by atoms with Crippen LogP contribution in [0.1, 0.15) is 51.1 Å². The van der Waals surface area contributed by atoms with Crippen LogP contribution in [0, 0.1) is 5.92 Å². The first-order valence-corrected chi connectivity index (χ1v) is 7.77. The summed E-state index contributed by atoms with van der Waals surface area (Å²) >= 11 is 1.79. The molecule has 4 heteroatoms. The zero-order valence-corrected chi connectivity index (χ0v) is 12.8. The molecule has 18 heavy (non-hydrogen) atoms. The first kappa shape index (κ1) is 13.8. The molecule has 0 aliphatic carbocycles. The van der Waals surface area contributed by atoms with Crippen LogP contribution in [0.4, 0.5) is 5.13 Å². The van der Waals surface area contributed by atoms with Gasteiger partial charge in [0.1, 0.15) is 0 Å². The molecular weight excluding hydrogens is 242 g/mol. The molecule has 1 fully saturated rings. The standard InChI is InChI=1S/C14H25N3S/c1-5-11-12(14(3,4)15)18-13(16-11)17-8-6-10(2)7-9-17/h10H,5-9,15H2,1-4H3. The first-order valence-electron chi connectivity index (χ1n) is 6.95. The number of aromatic nitrogens is 1. The summed E-state index contributed by atoms with van der Waals surface area (Å²) in [7, 11) is 0. The molecule has 1 saturated heterocycles. The predicted octanol–water partition coefficient (Wildman–Crippen LogP) is 3.14. The maximum absolute atomic E-state index is 6.25. The zero-order valence-electron chi connectivity index (χ0n) is 12.0. The van der Waals surface area contributed by atoms with Gasteiger partial charge >= 0.3 is 0 Å². The summed E-state index contributed by atoms with van der Waals surface area (Å²) in [5, 5.41) is 1.17. The van der Waals surface area contributed by atoms with E-state index in [4.69, 9.17) is 10.7 Å². The molecule has 2 rings (SSSR count). The molecule has 2 heterocycles. The van der Waals surface area contributed by atoms with Crippen molar-refractivity contribution in [2.24, 2.45) is 11.7 Å². The fourth-order valence-corrected chi connectivity index (χ4v) is 3.64. The van der Waals surface area contributed by atoms with E-state index >= 15 is 0 Å². The molecule has 1 aromatic heterocycles. The number of nitrogens with two attached hydrogens (primary N) is 1. The Bertz CT molecular complexity index is 398. The van der Waals surface area contributed by atoms with Gasteiger partial charge in [-0.1, -0.05) is 25.2 Å². The predicted molar refractivity (Wildman–Crippen MR) is 79.3 cm³/mol. The van der Waals surface area contributed by atoms with E-state index in [2.05, 4.69) is 32.6 Å². The molecule has 0 aromatic carbocycles. The van der Waals surface area contributed by atoms with Crippen molar-refractivity contribution in [1.82, 2.24) is 4.98 Å². The molecule has 0 atom stereocenters. The molecule has 2 N–H and O–H groups in total. The van der Waals surface area contributed by atoms with Crippen molar-refractivity contribution in [3.63, 3.8) is 0 Å². The maximum Gasteiger partial charge on any atom is 0.185 e. The number of rotatable bonds is 3. The molecule has 0 saturated carbocycles. The SMILES string of the molecule is CCc1nc(N2CCC(C)CC2)sc1C(C)(C)N. The zero-order chi connectivity index (χ0) is 13.3. The largest absolute Gasteiger partial charge is 0.348 e. The average Bonchev–Trinajstić information content (AvgIpc) is 2.73. The number of thiazole rings is 1. The lowest BCUT2D eigenvalue weighted by Crippen LogP contribution is -2.32. The second-order valence-corrected chi connectivity index (χ2v) is 6.99. The van der Waals surface area contributed by atoms with Crippen molar-refractivity contribution < 1.29 is 0 Å². The lowest BCUT2D eigenvalue weighted by molar-refractivity contribution is 0.438. The number of piperidine rings is 1. The first-order chi connectivity index (χ1) is 8.41. The van der Waals surface area contributed by atoms with Crippen LogP contribution in [0.2, 0.25) is 0 Å². The van der Waals surface area contributed by atoms with Gasteiger partial charge in [-0.3, -0.25) is 0 Å². The van der Waals surface area contributed by atoms with E-state index in [1.165, 1.54) is 28.5 Å². The van der Waals surface area contributed by atoms with E-state index in [1.54, 1.807) is 11.3 Å². The topological polar surface area (TPSA) is 42.2 Å². The molecule has 0 amide bonds. The quantitative estimate of drug-likeness (QED) is 0.915. The Kier molecular flexibility index (Phi) is 3.97. The van der Waals surface area contributed by atoms with E-state index in [0.29, 0.717) is 0 Å². The minimum Gasteiger partial charge on any atom is -0.348 e. The number of anilines is 1. The second-order valence-electron chi connectivity index (χ2n) is 6.02. The third-order valence-electron chi connectivity index (χ3n) is 3.66. The fraction of sp³-hybridized carbons (Fsp3) is 0.786. The summed E-state index contributed by atoms with van der Waals surface area (Å²) in [4.78, 5) is 8.49. The highest BCUT2D eigenvalue weighted by molar-refractivity contribution is 7.15. The highest BCUT2D eigenvalue weighted by Crippen LogP contribution is 2.34. The number of aryl methyl sites for hydroxylation is 1. The summed E-state index contributed by atoms with van der Waals surface area (Å²) in [6.07, 6.45) is 3.53. The Balaban J connectivity index is 2.22. The molecule has 0 spiro atoms. The molecule has 1 aliphatic heterocycles. The Morgan fingerprint density at radius 2 is 2.00 bits per heavy atom. The van der Waals surface area contributed by atoms with Gasteiger partial charge in [-0.15, -0.1) is 0 Å². The molecule has 3 nitrogen and oxygen atoms in total. The van der Waals surface area contributed by atoms with Gasteiger partial charge in [-0.25, -0.2) is 4.98 Å². The minimum atomic E-state index is -0.273. The van der Waals surface area contributed by atoms with E-state index in [0.717, 1.165) is 25.4 Å². The van der Waals surface area contributed by atoms with Gasteiger partial charge in [0.15, 0.2) is 5.13 Å². The second kappa shape index (κ2) is 5.17. The molecule has 1 aliphatic rings. The smallest absolute Gasteiger partial charge is 0.185 e. The summed E-state index contributed by atoms with van der Waals surface area (Å²) in [5.74, 6) is 0.859. The van der Waals surface area contributed by atoms with Crippen LogP contribution in [0.5, 0.6) is 0 Å². The van der Waals surface area contributed by atoms with Gasteiger partial charge in [0.25, 0.3) is 0 Å². The molecular formula is C14H25N3S. The Labute approximate surface area is 114 Å². The van der Waals surface area contributed by atoms with Gasteiger partial charge in [-0.05, 0) is 39.0 Å². The third kappa shape index (κ3) is 2.86. The van der Waals surface area contributed by atoms with Crippen LogP contribution in [-0.4, -0.2) is 18.1 Å². The number of nitrogens with zero attached hydrogens (tertiary/aromatic N) is 2. The molecule has 102 valence electrons. The third-order valence-corrected chi connectivity index (χ3v) is 5.16. The maximum atomic E-state index is 6.25. The lowest BCUT2D eigenvalue weighted by Gasteiger charge is -2.29. The van der Waals surface area contributed by atoms with Crippen molar-refractivity contribution in [2.45, 2.75) is 52.5 Å². The van der Waals surface area contributed by atoms with Crippen LogP contribution in [0.25, 0.3) is 0 Å². The fourth-order valence-electron chi connectivity index (χ4n) is 2.42. The summed E-state index contributed by atoms with van der Waals surface area (Å²) < 4.78 is 0. The summed E-state index contributed by atoms with van der Waals surface area (Å²) in [6, 6.07) is 0. The van der Waals surface area contributed by atoms with Crippen molar-refractivity contribution in [3.05, 3.63) is 10.6 Å². The molecule has 0 bridgehead atoms. The van der Waals surface area contributed by atoms with Gasteiger partial charge in [-0.2, -0.15) is 0 Å². The average molecular weight is 267 g/mol. The highest BCUT2D eigenvalue weighted by atomic mass is 32.1. The van der Waals surface area contributed by atoms with Crippen LogP contribution < -0.4 is 10.6 Å². The van der Waals surface area contributed by atoms with Gasteiger partial charge in [0, 0.05) is 23.5 Å². The van der Waals surface area contributed by atoms with Crippen LogP contribution in [-0.2, 0) is 12.0 Å². The van der Waals surface area contributed by atoms with Crippen molar-refractivity contribution in [2.75, 3.05) is 18.0 Å². The lowest BCUT2D eigenvalue weighted by atomic mass is 10.00. The van der Waals surface area contributed by atoms with E-state index < -0.39 is 0 Å². The Hall–Kier alpha value is -0.610. The Morgan fingerprint density at radius 1 is 1.39 bits per heavy atom. The van der Waals surface area contributed by atoms with E-state index in [9.17, 15) is 0 Å². The summed E-state index contributed by atoms with van der Waals surface area (Å²) in [6.45, 7) is 10.9. The molecule has 0 unspecified atom stereocenters. The molecule has 0 radical (unpaired) electrons. The van der Waals surface area contributed by atoms with Crippen molar-refractivity contribution >= 4 is 16.5 Å². The molecule has 1 aromatic rings. The van der Waals surface area contributed by atoms with Crippen LogP contribution >= 0.6 is 11.3 Å². The van der Waals surface area contributed by atoms with Gasteiger partial charge in [0.2, 0.25) is 0 Å². The van der Waals surface area contributed by atoms with Crippen molar-refractivity contribution in [1.29, 1.82) is 0 Å². The number of hydrogen-bond donors (Lipinski definition) is 1. The number of hydrogen-bond acceptors (Lipinski definition) is 4. The van der Waals surface area contributed by atoms with Gasteiger partial charge < -0.3 is 10.6 Å². The van der Waals surface area contributed by atoms with Gasteiger partial charge in [0.05, 0.1) is 5.69 Å². The van der Waals surface area contributed by atoms with Crippen LogP contribution in [0.3, 0.4) is 0 Å². The monoisotopic (exact) mass is 267 g/mol. The normalized spacial score (nSPS) is 18.4. The summed E-state index contributed by atoms with van der Waals surface area (Å²) in [5.41, 5.74) is 7.16. The minimum absolute atomic E-state index is 0.273. The van der Waals surface area contributed by atoms with E-state index in [-0.39, 0.29) is 5.54 Å².